The van der Waals surface area contributed by atoms with Crippen LogP contribution in [0.2, 0.25) is 0 Å². The zero-order chi connectivity index (χ0) is 16.0. The molecule has 1 aromatic rings. The summed E-state index contributed by atoms with van der Waals surface area (Å²) in [5.41, 5.74) is -0.560. The topological polar surface area (TPSA) is 82.1 Å². The van der Waals surface area contributed by atoms with Crippen molar-refractivity contribution in [1.29, 1.82) is 0 Å². The Morgan fingerprint density at radius 3 is 2.14 bits per heavy atom. The molecule has 0 saturated heterocycles. The zero-order valence-electron chi connectivity index (χ0n) is 12.6. The standard InChI is InChI=1S/C15H20O6/c1-10(16)9-19-13(17)11-7-5-6-8-12(11)14(18)20-21-15(2,3)4/h5-8,10,16H,9H2,1-4H3. The van der Waals surface area contributed by atoms with Crippen molar-refractivity contribution in [2.75, 3.05) is 6.61 Å². The fourth-order valence-electron chi connectivity index (χ4n) is 1.32. The van der Waals surface area contributed by atoms with Crippen LogP contribution in [0.1, 0.15) is 48.4 Å². The summed E-state index contributed by atoms with van der Waals surface area (Å²) in [6, 6.07) is 6.07. The van der Waals surface area contributed by atoms with Crippen LogP contribution in [0.3, 0.4) is 0 Å². The molecule has 0 heterocycles. The van der Waals surface area contributed by atoms with Crippen molar-refractivity contribution < 1.29 is 29.2 Å². The lowest BCUT2D eigenvalue weighted by Crippen LogP contribution is -2.23. The molecule has 0 amide bonds. The SMILES string of the molecule is CC(O)COC(=O)c1ccccc1C(=O)OOC(C)(C)C. The third-order valence-electron chi connectivity index (χ3n) is 2.19. The fourth-order valence-corrected chi connectivity index (χ4v) is 1.32. The number of esters is 1. The minimum atomic E-state index is -0.783. The van der Waals surface area contributed by atoms with Crippen molar-refractivity contribution in [3.05, 3.63) is 35.4 Å². The monoisotopic (exact) mass is 296 g/mol. The van der Waals surface area contributed by atoms with Crippen LogP contribution in [0.5, 0.6) is 0 Å². The highest BCUT2D eigenvalue weighted by atomic mass is 17.2. The molecule has 0 bridgehead atoms. The highest BCUT2D eigenvalue weighted by Crippen LogP contribution is 2.15. The maximum absolute atomic E-state index is 12.0. The molecular weight excluding hydrogens is 276 g/mol. The average Bonchev–Trinajstić information content (AvgIpc) is 2.41. The van der Waals surface area contributed by atoms with E-state index in [4.69, 9.17) is 19.6 Å². The molecule has 1 aromatic carbocycles. The average molecular weight is 296 g/mol. The molecule has 6 nitrogen and oxygen atoms in total. The first-order chi connectivity index (χ1) is 9.70. The summed E-state index contributed by atoms with van der Waals surface area (Å²) >= 11 is 0. The Morgan fingerprint density at radius 2 is 1.67 bits per heavy atom. The Labute approximate surface area is 123 Å². The van der Waals surface area contributed by atoms with E-state index in [1.807, 2.05) is 0 Å². The van der Waals surface area contributed by atoms with Gasteiger partial charge in [0, 0.05) is 0 Å². The second-order valence-electron chi connectivity index (χ2n) is 5.56. The first kappa shape index (κ1) is 17.1. The van der Waals surface area contributed by atoms with E-state index in [9.17, 15) is 9.59 Å². The number of carbonyl (C=O) groups excluding carboxylic acids is 2. The van der Waals surface area contributed by atoms with Gasteiger partial charge in [0.2, 0.25) is 0 Å². The molecule has 0 spiro atoms. The smallest absolute Gasteiger partial charge is 0.373 e. The second kappa shape index (κ2) is 7.19. The Balaban J connectivity index is 2.83. The molecule has 0 aromatic heterocycles. The normalized spacial score (nSPS) is 12.6. The fraction of sp³-hybridized carbons (Fsp3) is 0.467. The molecule has 1 unspecified atom stereocenters. The summed E-state index contributed by atoms with van der Waals surface area (Å²) in [6.45, 7) is 6.51. The Kier molecular flexibility index (Phi) is 5.87. The predicted octanol–water partition coefficient (Wildman–Crippen LogP) is 2.11. The Morgan fingerprint density at radius 1 is 1.14 bits per heavy atom. The summed E-state index contributed by atoms with van der Waals surface area (Å²) in [6.07, 6.45) is -0.780. The van der Waals surface area contributed by atoms with Gasteiger partial charge in [-0.1, -0.05) is 12.1 Å². The molecule has 1 N–H and O–H groups in total. The largest absolute Gasteiger partial charge is 0.459 e. The zero-order valence-corrected chi connectivity index (χ0v) is 12.6. The van der Waals surface area contributed by atoms with E-state index in [2.05, 4.69) is 0 Å². The van der Waals surface area contributed by atoms with Crippen LogP contribution in [-0.2, 0) is 14.5 Å². The van der Waals surface area contributed by atoms with Crippen molar-refractivity contribution in [2.24, 2.45) is 0 Å². The van der Waals surface area contributed by atoms with Crippen LogP contribution < -0.4 is 0 Å². The van der Waals surface area contributed by atoms with E-state index in [0.29, 0.717) is 0 Å². The van der Waals surface area contributed by atoms with Gasteiger partial charge in [-0.05, 0) is 39.8 Å². The summed E-state index contributed by atoms with van der Waals surface area (Å²) in [7, 11) is 0. The molecule has 0 aliphatic heterocycles. The van der Waals surface area contributed by atoms with Gasteiger partial charge in [0.25, 0.3) is 0 Å². The number of carbonyl (C=O) groups is 2. The molecule has 1 atom stereocenters. The summed E-state index contributed by atoms with van der Waals surface area (Å²) in [5.74, 6) is -1.49. The van der Waals surface area contributed by atoms with Crippen molar-refractivity contribution in [1.82, 2.24) is 0 Å². The highest BCUT2D eigenvalue weighted by Gasteiger charge is 2.22. The highest BCUT2D eigenvalue weighted by molar-refractivity contribution is 6.02. The molecule has 6 heteroatoms. The number of rotatable bonds is 5. The number of ether oxygens (including phenoxy) is 1. The maximum Gasteiger partial charge on any atom is 0.373 e. The minimum Gasteiger partial charge on any atom is -0.459 e. The van der Waals surface area contributed by atoms with Crippen molar-refractivity contribution >= 4 is 11.9 Å². The summed E-state index contributed by atoms with van der Waals surface area (Å²) < 4.78 is 4.89. The second-order valence-corrected chi connectivity index (χ2v) is 5.56. The molecular formula is C15H20O6. The van der Waals surface area contributed by atoms with Gasteiger partial charge in [0.1, 0.15) is 12.2 Å². The van der Waals surface area contributed by atoms with E-state index < -0.39 is 23.6 Å². The van der Waals surface area contributed by atoms with Gasteiger partial charge >= 0.3 is 11.9 Å². The lowest BCUT2D eigenvalue weighted by Gasteiger charge is -2.17. The van der Waals surface area contributed by atoms with E-state index in [-0.39, 0.29) is 17.7 Å². The molecule has 21 heavy (non-hydrogen) atoms. The van der Waals surface area contributed by atoms with Gasteiger partial charge in [-0.25, -0.2) is 9.59 Å². The predicted molar refractivity (Wildman–Crippen MR) is 74.7 cm³/mol. The quantitative estimate of drug-likeness (QED) is 0.509. The summed E-state index contributed by atoms with van der Waals surface area (Å²) in [5, 5.41) is 9.11. The number of hydrogen-bond acceptors (Lipinski definition) is 6. The van der Waals surface area contributed by atoms with Gasteiger partial charge in [-0.3, -0.25) is 4.89 Å². The molecule has 0 aliphatic carbocycles. The lowest BCUT2D eigenvalue weighted by molar-refractivity contribution is -0.301. The van der Waals surface area contributed by atoms with Crippen LogP contribution in [0.15, 0.2) is 24.3 Å². The van der Waals surface area contributed by atoms with E-state index in [1.54, 1.807) is 32.9 Å². The first-order valence-corrected chi connectivity index (χ1v) is 6.55. The van der Waals surface area contributed by atoms with Crippen LogP contribution >= 0.6 is 0 Å². The van der Waals surface area contributed by atoms with Crippen LogP contribution in [0.4, 0.5) is 0 Å². The lowest BCUT2D eigenvalue weighted by atomic mass is 10.1. The molecule has 0 fully saturated rings. The van der Waals surface area contributed by atoms with E-state index >= 15 is 0 Å². The van der Waals surface area contributed by atoms with Gasteiger partial charge in [-0.2, -0.15) is 4.89 Å². The third-order valence-corrected chi connectivity index (χ3v) is 2.19. The van der Waals surface area contributed by atoms with E-state index in [0.717, 1.165) is 0 Å². The number of aliphatic hydroxyl groups is 1. The number of benzene rings is 1. The van der Waals surface area contributed by atoms with E-state index in [1.165, 1.54) is 19.1 Å². The number of hydrogen-bond donors (Lipinski definition) is 1. The Hall–Kier alpha value is -1.92. The molecule has 0 aliphatic rings. The third kappa shape index (κ3) is 5.93. The first-order valence-electron chi connectivity index (χ1n) is 6.55. The molecule has 0 saturated carbocycles. The van der Waals surface area contributed by atoms with Gasteiger partial charge < -0.3 is 9.84 Å². The minimum absolute atomic E-state index is 0.0392. The molecule has 0 radical (unpaired) electrons. The van der Waals surface area contributed by atoms with Crippen LogP contribution in [0, 0.1) is 0 Å². The Bertz CT molecular complexity index is 501. The van der Waals surface area contributed by atoms with Crippen LogP contribution in [-0.4, -0.2) is 35.4 Å². The summed E-state index contributed by atoms with van der Waals surface area (Å²) in [4.78, 5) is 33.5. The van der Waals surface area contributed by atoms with Gasteiger partial charge in [0.15, 0.2) is 0 Å². The number of aliphatic hydroxyl groups excluding tert-OH is 1. The van der Waals surface area contributed by atoms with Gasteiger partial charge in [0.05, 0.1) is 17.2 Å². The van der Waals surface area contributed by atoms with Crippen molar-refractivity contribution in [2.45, 2.75) is 39.4 Å². The maximum atomic E-state index is 12.0. The molecule has 116 valence electrons. The van der Waals surface area contributed by atoms with Crippen molar-refractivity contribution in [3.63, 3.8) is 0 Å². The van der Waals surface area contributed by atoms with Crippen molar-refractivity contribution in [3.8, 4) is 0 Å². The molecule has 1 rings (SSSR count). The van der Waals surface area contributed by atoms with Gasteiger partial charge in [-0.15, -0.1) is 0 Å². The van der Waals surface area contributed by atoms with Crippen LogP contribution in [0.25, 0.3) is 0 Å².